The second kappa shape index (κ2) is 5.47. The van der Waals surface area contributed by atoms with Crippen LogP contribution in [0.3, 0.4) is 0 Å². The van der Waals surface area contributed by atoms with E-state index in [9.17, 15) is 5.11 Å². The van der Waals surface area contributed by atoms with Crippen LogP contribution >= 0.6 is 0 Å². The lowest BCUT2D eigenvalue weighted by Crippen LogP contribution is -2.47. The number of aliphatic hydroxyl groups is 1. The van der Waals surface area contributed by atoms with Crippen LogP contribution in [0, 0.1) is 0 Å². The summed E-state index contributed by atoms with van der Waals surface area (Å²) < 4.78 is 5.50. The molecule has 1 fully saturated rings. The Labute approximate surface area is 121 Å². The van der Waals surface area contributed by atoms with E-state index in [0.29, 0.717) is 25.1 Å². The minimum absolute atomic E-state index is 0.0762. The van der Waals surface area contributed by atoms with Gasteiger partial charge in [-0.3, -0.25) is 0 Å². The van der Waals surface area contributed by atoms with E-state index in [0.717, 1.165) is 12.8 Å². The van der Waals surface area contributed by atoms with Crippen LogP contribution in [0.5, 0.6) is 0 Å². The van der Waals surface area contributed by atoms with Crippen molar-refractivity contribution in [2.45, 2.75) is 56.8 Å². The molecule has 20 heavy (non-hydrogen) atoms. The smallest absolute Gasteiger partial charge is 0.105 e. The number of ether oxygens (including phenoxy) is 1. The molecule has 0 spiro atoms. The van der Waals surface area contributed by atoms with Crippen LogP contribution in [-0.2, 0) is 4.74 Å². The van der Waals surface area contributed by atoms with Gasteiger partial charge in [0.05, 0.1) is 6.10 Å². The summed E-state index contributed by atoms with van der Waals surface area (Å²) in [7, 11) is 0. The monoisotopic (exact) mass is 275 g/mol. The summed E-state index contributed by atoms with van der Waals surface area (Å²) in [5, 5.41) is 14.2. The standard InChI is InChI=1S/C17H25NO2/c1-12-7-8-16(15-6-4-3-5-14(12)15)18-11-17(19)9-10-20-13(17)2/h3-6,12-13,16,18-19H,7-11H2,1-2H3. The maximum Gasteiger partial charge on any atom is 0.105 e. The first-order valence-corrected chi connectivity index (χ1v) is 7.76. The van der Waals surface area contributed by atoms with Gasteiger partial charge in [-0.05, 0) is 36.8 Å². The van der Waals surface area contributed by atoms with Gasteiger partial charge in [0.15, 0.2) is 0 Å². The lowest BCUT2D eigenvalue weighted by Gasteiger charge is -2.34. The first kappa shape index (κ1) is 14.1. The molecule has 4 unspecified atom stereocenters. The average molecular weight is 275 g/mol. The minimum atomic E-state index is -0.710. The van der Waals surface area contributed by atoms with Crippen LogP contribution in [0.15, 0.2) is 24.3 Å². The van der Waals surface area contributed by atoms with Crippen molar-refractivity contribution >= 4 is 0 Å². The van der Waals surface area contributed by atoms with E-state index in [-0.39, 0.29) is 6.10 Å². The molecule has 1 saturated heterocycles. The lowest BCUT2D eigenvalue weighted by atomic mass is 9.81. The van der Waals surface area contributed by atoms with Crippen molar-refractivity contribution in [3.05, 3.63) is 35.4 Å². The minimum Gasteiger partial charge on any atom is -0.386 e. The highest BCUT2D eigenvalue weighted by molar-refractivity contribution is 5.34. The highest BCUT2D eigenvalue weighted by atomic mass is 16.5. The maximum absolute atomic E-state index is 10.6. The Morgan fingerprint density at radius 1 is 1.25 bits per heavy atom. The predicted octanol–water partition coefficient (Wildman–Crippen LogP) is 2.75. The van der Waals surface area contributed by atoms with Crippen molar-refractivity contribution in [3.63, 3.8) is 0 Å². The third-order valence-corrected chi connectivity index (χ3v) is 5.10. The molecule has 110 valence electrons. The molecular formula is C17H25NO2. The van der Waals surface area contributed by atoms with Crippen LogP contribution in [0.1, 0.15) is 56.2 Å². The fraction of sp³-hybridized carbons (Fsp3) is 0.647. The molecule has 1 heterocycles. The number of rotatable bonds is 3. The number of nitrogens with one attached hydrogen (secondary N) is 1. The summed E-state index contributed by atoms with van der Waals surface area (Å²) in [6.45, 7) is 5.54. The van der Waals surface area contributed by atoms with Crippen LogP contribution in [0.4, 0.5) is 0 Å². The van der Waals surface area contributed by atoms with Gasteiger partial charge in [-0.1, -0.05) is 31.2 Å². The molecule has 1 aliphatic heterocycles. The van der Waals surface area contributed by atoms with E-state index in [4.69, 9.17) is 4.74 Å². The van der Waals surface area contributed by atoms with Gasteiger partial charge in [0.25, 0.3) is 0 Å². The number of fused-ring (bicyclic) bond motifs is 1. The summed E-state index contributed by atoms with van der Waals surface area (Å²) in [5.74, 6) is 0.640. The van der Waals surface area contributed by atoms with Gasteiger partial charge in [0, 0.05) is 25.6 Å². The Balaban J connectivity index is 1.71. The van der Waals surface area contributed by atoms with Gasteiger partial charge in [-0.15, -0.1) is 0 Å². The summed E-state index contributed by atoms with van der Waals surface area (Å²) >= 11 is 0. The first-order valence-electron chi connectivity index (χ1n) is 7.76. The van der Waals surface area contributed by atoms with Crippen molar-refractivity contribution in [2.75, 3.05) is 13.2 Å². The van der Waals surface area contributed by atoms with E-state index >= 15 is 0 Å². The Kier molecular flexibility index (Phi) is 3.85. The Morgan fingerprint density at radius 2 is 2.00 bits per heavy atom. The van der Waals surface area contributed by atoms with Crippen LogP contribution in [0.2, 0.25) is 0 Å². The van der Waals surface area contributed by atoms with Gasteiger partial charge in [0.2, 0.25) is 0 Å². The molecule has 0 saturated carbocycles. The van der Waals surface area contributed by atoms with E-state index in [1.54, 1.807) is 0 Å². The summed E-state index contributed by atoms with van der Waals surface area (Å²) in [6, 6.07) is 9.06. The molecule has 2 N–H and O–H groups in total. The second-order valence-electron chi connectivity index (χ2n) is 6.41. The third kappa shape index (κ3) is 2.50. The van der Waals surface area contributed by atoms with Crippen LogP contribution < -0.4 is 5.32 Å². The quantitative estimate of drug-likeness (QED) is 0.891. The molecule has 0 amide bonds. The fourth-order valence-electron chi connectivity index (χ4n) is 3.52. The van der Waals surface area contributed by atoms with Crippen LogP contribution in [-0.4, -0.2) is 30.0 Å². The molecule has 3 rings (SSSR count). The van der Waals surface area contributed by atoms with E-state index in [1.165, 1.54) is 17.5 Å². The number of benzene rings is 1. The van der Waals surface area contributed by atoms with Crippen molar-refractivity contribution < 1.29 is 9.84 Å². The van der Waals surface area contributed by atoms with Crippen molar-refractivity contribution in [2.24, 2.45) is 0 Å². The molecule has 0 bridgehead atoms. The highest BCUT2D eigenvalue weighted by Gasteiger charge is 2.40. The zero-order valence-corrected chi connectivity index (χ0v) is 12.4. The average Bonchev–Trinajstić information content (AvgIpc) is 2.79. The van der Waals surface area contributed by atoms with Crippen molar-refractivity contribution in [1.29, 1.82) is 0 Å². The third-order valence-electron chi connectivity index (χ3n) is 5.10. The highest BCUT2D eigenvalue weighted by Crippen LogP contribution is 2.37. The fourth-order valence-corrected chi connectivity index (χ4v) is 3.52. The normalized spacial score (nSPS) is 36.9. The molecule has 1 aromatic rings. The maximum atomic E-state index is 10.6. The number of hydrogen-bond acceptors (Lipinski definition) is 3. The Bertz CT molecular complexity index is 476. The molecule has 3 heteroatoms. The largest absolute Gasteiger partial charge is 0.386 e. The van der Waals surface area contributed by atoms with Gasteiger partial charge in [0.1, 0.15) is 5.60 Å². The van der Waals surface area contributed by atoms with E-state index in [2.05, 4.69) is 36.5 Å². The molecular weight excluding hydrogens is 250 g/mol. The summed E-state index contributed by atoms with van der Waals surface area (Å²) in [5.41, 5.74) is 2.15. The van der Waals surface area contributed by atoms with Crippen LogP contribution in [0.25, 0.3) is 0 Å². The van der Waals surface area contributed by atoms with Gasteiger partial charge in [-0.2, -0.15) is 0 Å². The molecule has 1 aliphatic carbocycles. The zero-order chi connectivity index (χ0) is 14.2. The molecule has 0 radical (unpaired) electrons. The van der Waals surface area contributed by atoms with Crippen molar-refractivity contribution in [3.8, 4) is 0 Å². The molecule has 3 nitrogen and oxygen atoms in total. The van der Waals surface area contributed by atoms with E-state index < -0.39 is 5.60 Å². The predicted molar refractivity (Wildman–Crippen MR) is 79.8 cm³/mol. The SMILES string of the molecule is CC1CCC(NCC2(O)CCOC2C)c2ccccc21. The first-order chi connectivity index (χ1) is 9.60. The topological polar surface area (TPSA) is 41.5 Å². The zero-order valence-electron chi connectivity index (χ0n) is 12.4. The molecule has 4 atom stereocenters. The van der Waals surface area contributed by atoms with Gasteiger partial charge >= 0.3 is 0 Å². The van der Waals surface area contributed by atoms with E-state index in [1.807, 2.05) is 6.92 Å². The van der Waals surface area contributed by atoms with Gasteiger partial charge < -0.3 is 15.2 Å². The molecule has 1 aromatic carbocycles. The summed E-state index contributed by atoms with van der Waals surface area (Å²) in [6.07, 6.45) is 3.00. The molecule has 2 aliphatic rings. The second-order valence-corrected chi connectivity index (χ2v) is 6.41. The molecule has 0 aromatic heterocycles. The van der Waals surface area contributed by atoms with Gasteiger partial charge in [-0.25, -0.2) is 0 Å². The number of hydrogen-bond donors (Lipinski definition) is 2. The summed E-state index contributed by atoms with van der Waals surface area (Å²) in [4.78, 5) is 0. The Hall–Kier alpha value is -0.900. The van der Waals surface area contributed by atoms with Crippen molar-refractivity contribution in [1.82, 2.24) is 5.32 Å². The lowest BCUT2D eigenvalue weighted by molar-refractivity contribution is -0.0280. The Morgan fingerprint density at radius 3 is 2.70 bits per heavy atom.